The number of hydrogen-bond acceptors (Lipinski definition) is 5. The molecule has 0 atom stereocenters. The van der Waals surface area contributed by atoms with Gasteiger partial charge < -0.3 is 4.74 Å². The number of halogens is 1. The van der Waals surface area contributed by atoms with Gasteiger partial charge in [-0.25, -0.2) is 9.97 Å². The van der Waals surface area contributed by atoms with E-state index in [2.05, 4.69) is 9.97 Å². The standard InChI is InChI=1S/C20H21ClN2O3/c1-11-10-22-18(12-6-8-13(21)9-7-12)23-15(11)14-16(24)19(2,3)26-20(4,5)17(14)25/h6-10,14H,1-5H3. The van der Waals surface area contributed by atoms with E-state index >= 15 is 0 Å². The van der Waals surface area contributed by atoms with Crippen molar-refractivity contribution in [2.75, 3.05) is 0 Å². The van der Waals surface area contributed by atoms with E-state index in [-0.39, 0.29) is 11.6 Å². The van der Waals surface area contributed by atoms with Crippen molar-refractivity contribution in [3.63, 3.8) is 0 Å². The molecule has 0 N–H and O–H groups in total. The smallest absolute Gasteiger partial charge is 0.180 e. The Hall–Kier alpha value is -2.11. The Morgan fingerprint density at radius 2 is 1.54 bits per heavy atom. The second kappa shape index (κ2) is 6.25. The monoisotopic (exact) mass is 372 g/mol. The van der Waals surface area contributed by atoms with Gasteiger partial charge in [-0.05, 0) is 64.4 Å². The highest BCUT2D eigenvalue weighted by molar-refractivity contribution is 6.30. The number of ketones is 2. The molecule has 0 saturated carbocycles. The molecule has 3 rings (SSSR count). The van der Waals surface area contributed by atoms with E-state index in [1.165, 1.54) is 0 Å². The number of Topliss-reactive ketones (excluding diaryl/α,β-unsaturated/α-hetero) is 2. The molecule has 1 aliphatic rings. The fourth-order valence-corrected chi connectivity index (χ4v) is 3.41. The summed E-state index contributed by atoms with van der Waals surface area (Å²) in [6.07, 6.45) is 1.64. The highest BCUT2D eigenvalue weighted by atomic mass is 35.5. The van der Waals surface area contributed by atoms with Crippen LogP contribution in [0.4, 0.5) is 0 Å². The summed E-state index contributed by atoms with van der Waals surface area (Å²) in [4.78, 5) is 34.9. The largest absolute Gasteiger partial charge is 0.354 e. The van der Waals surface area contributed by atoms with Crippen molar-refractivity contribution in [2.45, 2.75) is 51.7 Å². The number of aromatic nitrogens is 2. The van der Waals surface area contributed by atoms with Crippen LogP contribution in [-0.2, 0) is 14.3 Å². The molecule has 0 unspecified atom stereocenters. The summed E-state index contributed by atoms with van der Waals surface area (Å²) < 4.78 is 5.75. The van der Waals surface area contributed by atoms with E-state index in [1.54, 1.807) is 65.1 Å². The molecule has 1 aromatic carbocycles. The third-order valence-electron chi connectivity index (χ3n) is 4.61. The molecule has 26 heavy (non-hydrogen) atoms. The van der Waals surface area contributed by atoms with Crippen molar-refractivity contribution < 1.29 is 14.3 Å². The number of ether oxygens (including phenoxy) is 1. The first kappa shape index (κ1) is 18.7. The predicted octanol–water partition coefficient (Wildman–Crippen LogP) is 3.91. The molecule has 2 aromatic rings. The zero-order chi connectivity index (χ0) is 19.3. The molecular formula is C20H21ClN2O3. The highest BCUT2D eigenvalue weighted by Crippen LogP contribution is 2.39. The molecule has 0 amide bonds. The summed E-state index contributed by atoms with van der Waals surface area (Å²) in [6.45, 7) is 8.55. The van der Waals surface area contributed by atoms with Crippen molar-refractivity contribution in [1.82, 2.24) is 9.97 Å². The molecular weight excluding hydrogens is 352 g/mol. The van der Waals surface area contributed by atoms with Crippen LogP contribution in [0.15, 0.2) is 30.5 Å². The van der Waals surface area contributed by atoms with Gasteiger partial charge in [-0.15, -0.1) is 0 Å². The molecule has 0 aliphatic carbocycles. The Labute approximate surface area is 157 Å². The Bertz CT molecular complexity index is 862. The molecule has 1 aromatic heterocycles. The lowest BCUT2D eigenvalue weighted by Gasteiger charge is -2.42. The third-order valence-corrected chi connectivity index (χ3v) is 4.86. The van der Waals surface area contributed by atoms with Crippen molar-refractivity contribution in [3.8, 4) is 11.4 Å². The van der Waals surface area contributed by atoms with Crippen LogP contribution >= 0.6 is 11.6 Å². The number of benzene rings is 1. The molecule has 6 heteroatoms. The van der Waals surface area contributed by atoms with E-state index in [1.807, 2.05) is 0 Å². The number of carbonyl (C=O) groups excluding carboxylic acids is 2. The first-order chi connectivity index (χ1) is 12.0. The van der Waals surface area contributed by atoms with Crippen molar-refractivity contribution in [2.24, 2.45) is 0 Å². The number of carbonyl (C=O) groups is 2. The summed E-state index contributed by atoms with van der Waals surface area (Å²) in [5.41, 5.74) is -0.242. The van der Waals surface area contributed by atoms with Gasteiger partial charge in [-0.2, -0.15) is 0 Å². The SMILES string of the molecule is Cc1cnc(-c2ccc(Cl)cc2)nc1C1C(=O)C(C)(C)OC(C)(C)C1=O. The van der Waals surface area contributed by atoms with Crippen LogP contribution in [0.5, 0.6) is 0 Å². The quantitative estimate of drug-likeness (QED) is 0.747. The lowest BCUT2D eigenvalue weighted by atomic mass is 9.76. The fourth-order valence-electron chi connectivity index (χ4n) is 3.29. The van der Waals surface area contributed by atoms with Crippen molar-refractivity contribution >= 4 is 23.2 Å². The third kappa shape index (κ3) is 3.17. The van der Waals surface area contributed by atoms with Gasteiger partial charge in [0.05, 0.1) is 5.69 Å². The summed E-state index contributed by atoms with van der Waals surface area (Å²) in [5, 5.41) is 0.611. The van der Waals surface area contributed by atoms with E-state index in [4.69, 9.17) is 16.3 Å². The first-order valence-corrected chi connectivity index (χ1v) is 8.79. The summed E-state index contributed by atoms with van der Waals surface area (Å²) in [6, 6.07) is 7.10. The van der Waals surface area contributed by atoms with Gasteiger partial charge in [0, 0.05) is 16.8 Å². The molecule has 2 heterocycles. The van der Waals surface area contributed by atoms with Crippen LogP contribution in [0.1, 0.15) is 44.9 Å². The van der Waals surface area contributed by atoms with Gasteiger partial charge in [0.15, 0.2) is 17.4 Å². The maximum Gasteiger partial charge on any atom is 0.180 e. The van der Waals surface area contributed by atoms with Crippen molar-refractivity contribution in [1.29, 1.82) is 0 Å². The average Bonchev–Trinajstić information content (AvgIpc) is 2.55. The maximum absolute atomic E-state index is 13.0. The summed E-state index contributed by atoms with van der Waals surface area (Å²) >= 11 is 5.93. The number of hydrogen-bond donors (Lipinski definition) is 0. The molecule has 0 spiro atoms. The van der Waals surface area contributed by atoms with Crippen LogP contribution in [-0.4, -0.2) is 32.7 Å². The van der Waals surface area contributed by atoms with Crippen LogP contribution in [0.3, 0.4) is 0 Å². The summed E-state index contributed by atoms with van der Waals surface area (Å²) in [7, 11) is 0. The van der Waals surface area contributed by atoms with Crippen LogP contribution in [0.2, 0.25) is 5.02 Å². The van der Waals surface area contributed by atoms with Gasteiger partial charge in [0.25, 0.3) is 0 Å². The van der Waals surface area contributed by atoms with Crippen molar-refractivity contribution in [3.05, 3.63) is 46.7 Å². The molecule has 1 saturated heterocycles. The van der Waals surface area contributed by atoms with E-state index in [0.29, 0.717) is 22.1 Å². The van der Waals surface area contributed by atoms with Gasteiger partial charge in [0.1, 0.15) is 17.1 Å². The second-order valence-corrected chi connectivity index (χ2v) is 7.99. The minimum Gasteiger partial charge on any atom is -0.354 e. The van der Waals surface area contributed by atoms with Gasteiger partial charge >= 0.3 is 0 Å². The van der Waals surface area contributed by atoms with E-state index in [0.717, 1.165) is 5.56 Å². The fraction of sp³-hybridized carbons (Fsp3) is 0.400. The molecule has 0 bridgehead atoms. The summed E-state index contributed by atoms with van der Waals surface area (Å²) in [5.74, 6) is -1.09. The molecule has 136 valence electrons. The second-order valence-electron chi connectivity index (χ2n) is 7.55. The van der Waals surface area contributed by atoms with E-state index < -0.39 is 17.1 Å². The number of rotatable bonds is 2. The molecule has 1 aliphatic heterocycles. The lowest BCUT2D eigenvalue weighted by Crippen LogP contribution is -2.58. The van der Waals surface area contributed by atoms with Crippen LogP contribution < -0.4 is 0 Å². The first-order valence-electron chi connectivity index (χ1n) is 8.41. The van der Waals surface area contributed by atoms with Gasteiger partial charge in [0.2, 0.25) is 0 Å². The van der Waals surface area contributed by atoms with Gasteiger partial charge in [-0.3, -0.25) is 9.59 Å². The normalized spacial score (nSPS) is 19.6. The van der Waals surface area contributed by atoms with Gasteiger partial charge in [-0.1, -0.05) is 11.6 Å². The van der Waals surface area contributed by atoms with E-state index in [9.17, 15) is 9.59 Å². The molecule has 5 nitrogen and oxygen atoms in total. The number of nitrogens with zero attached hydrogens (tertiary/aromatic N) is 2. The minimum atomic E-state index is -1.07. The topological polar surface area (TPSA) is 69.2 Å². The minimum absolute atomic E-state index is 0.286. The Morgan fingerprint density at radius 1 is 1.00 bits per heavy atom. The zero-order valence-corrected chi connectivity index (χ0v) is 16.2. The molecule has 1 fully saturated rings. The number of aryl methyl sites for hydroxylation is 1. The Balaban J connectivity index is 2.13. The Morgan fingerprint density at radius 3 is 2.08 bits per heavy atom. The average molecular weight is 373 g/mol. The van der Waals surface area contributed by atoms with Crippen LogP contribution in [0, 0.1) is 6.92 Å². The Kier molecular flexibility index (Phi) is 4.49. The maximum atomic E-state index is 13.0. The predicted molar refractivity (Wildman–Crippen MR) is 99.2 cm³/mol. The highest BCUT2D eigenvalue weighted by Gasteiger charge is 2.53. The lowest BCUT2D eigenvalue weighted by molar-refractivity contribution is -0.184. The van der Waals surface area contributed by atoms with Crippen LogP contribution in [0.25, 0.3) is 11.4 Å². The molecule has 0 radical (unpaired) electrons. The zero-order valence-electron chi connectivity index (χ0n) is 15.5.